The molecule has 0 bridgehead atoms. The van der Waals surface area contributed by atoms with E-state index in [0.29, 0.717) is 0 Å². The van der Waals surface area contributed by atoms with Crippen LogP contribution in [-0.2, 0) is 16.2 Å². The average Bonchev–Trinajstić information content (AvgIpc) is 3.01. The molecule has 0 spiro atoms. The number of H-pyrrole nitrogens is 1. The fraction of sp³-hybridized carbons (Fsp3) is 0.357. The molecular formula is C14H16F3N5O4S. The first-order valence-corrected chi connectivity index (χ1v) is 8.93. The van der Waals surface area contributed by atoms with E-state index in [1.807, 2.05) is 0 Å². The maximum Gasteiger partial charge on any atom is 0.451 e. The van der Waals surface area contributed by atoms with Crippen molar-refractivity contribution in [3.63, 3.8) is 0 Å². The highest BCUT2D eigenvalue weighted by molar-refractivity contribution is 7.89. The van der Waals surface area contributed by atoms with Gasteiger partial charge in [-0.25, -0.2) is 13.1 Å². The summed E-state index contributed by atoms with van der Waals surface area (Å²) in [5.41, 5.74) is -0.140. The average molecular weight is 407 g/mol. The van der Waals surface area contributed by atoms with Crippen molar-refractivity contribution in [3.8, 4) is 5.75 Å². The van der Waals surface area contributed by atoms with E-state index in [1.54, 1.807) is 18.9 Å². The normalized spacial score (nSPS) is 12.3. The lowest BCUT2D eigenvalue weighted by Crippen LogP contribution is -2.30. The molecule has 0 saturated heterocycles. The standard InChI is InChI=1S/C14H16F3N5O4S/c1-7(2)22-27(24,25)10-6-8(4-5-9(10)26-3)11(23)18-13-19-12(20-21-13)14(15,16)17/h4-7,22H,1-3H3,(H2,18,19,20,21,23). The monoisotopic (exact) mass is 407 g/mol. The van der Waals surface area contributed by atoms with Gasteiger partial charge in [0.25, 0.3) is 5.91 Å². The number of anilines is 1. The summed E-state index contributed by atoms with van der Waals surface area (Å²) in [5, 5.41) is 6.96. The number of hydrogen-bond acceptors (Lipinski definition) is 6. The van der Waals surface area contributed by atoms with Gasteiger partial charge in [-0.2, -0.15) is 18.2 Å². The van der Waals surface area contributed by atoms with Gasteiger partial charge in [0.15, 0.2) is 0 Å². The number of alkyl halides is 3. The predicted octanol–water partition coefficient (Wildman–Crippen LogP) is 1.77. The van der Waals surface area contributed by atoms with Crippen molar-refractivity contribution < 1.29 is 31.1 Å². The Morgan fingerprint density at radius 1 is 1.30 bits per heavy atom. The van der Waals surface area contributed by atoms with Crippen molar-refractivity contribution in [2.45, 2.75) is 31.0 Å². The third-order valence-corrected chi connectivity index (χ3v) is 4.77. The number of nitrogens with one attached hydrogen (secondary N) is 3. The number of rotatable bonds is 6. The minimum absolute atomic E-state index is 0.00282. The van der Waals surface area contributed by atoms with Crippen LogP contribution in [0.25, 0.3) is 0 Å². The molecule has 2 aromatic rings. The summed E-state index contributed by atoms with van der Waals surface area (Å²) in [6.45, 7) is 3.23. The molecule has 27 heavy (non-hydrogen) atoms. The molecular weight excluding hydrogens is 391 g/mol. The quantitative estimate of drug-likeness (QED) is 0.670. The Bertz CT molecular complexity index is 940. The summed E-state index contributed by atoms with van der Waals surface area (Å²) in [6.07, 6.45) is -4.75. The maximum atomic E-state index is 12.5. The van der Waals surface area contributed by atoms with Crippen molar-refractivity contribution >= 4 is 21.9 Å². The second-order valence-corrected chi connectivity index (χ2v) is 7.28. The SMILES string of the molecule is COc1ccc(C(=O)Nc2n[nH]c(C(F)(F)F)n2)cc1S(=O)(=O)NC(C)C. The minimum Gasteiger partial charge on any atom is -0.495 e. The van der Waals surface area contributed by atoms with Gasteiger partial charge in [0.2, 0.25) is 21.8 Å². The predicted molar refractivity (Wildman–Crippen MR) is 87.8 cm³/mol. The van der Waals surface area contributed by atoms with Crippen LogP contribution in [0.2, 0.25) is 0 Å². The summed E-state index contributed by atoms with van der Waals surface area (Å²) in [7, 11) is -2.73. The van der Waals surface area contributed by atoms with Gasteiger partial charge in [0.1, 0.15) is 10.6 Å². The Balaban J connectivity index is 2.32. The summed E-state index contributed by atoms with van der Waals surface area (Å²) in [5.74, 6) is -2.88. The summed E-state index contributed by atoms with van der Waals surface area (Å²) in [6, 6.07) is 3.13. The largest absolute Gasteiger partial charge is 0.495 e. The number of ether oxygens (including phenoxy) is 1. The number of methoxy groups -OCH3 is 1. The van der Waals surface area contributed by atoms with Crippen molar-refractivity contribution in [2.75, 3.05) is 12.4 Å². The van der Waals surface area contributed by atoms with E-state index in [1.165, 1.54) is 19.2 Å². The molecule has 0 atom stereocenters. The number of carbonyl (C=O) groups excluding carboxylic acids is 1. The molecule has 13 heteroatoms. The van der Waals surface area contributed by atoms with Crippen molar-refractivity contribution in [1.82, 2.24) is 19.9 Å². The van der Waals surface area contributed by atoms with Gasteiger partial charge < -0.3 is 4.74 Å². The molecule has 0 aliphatic carbocycles. The van der Waals surface area contributed by atoms with Crippen molar-refractivity contribution in [2.24, 2.45) is 0 Å². The zero-order chi connectivity index (χ0) is 20.4. The highest BCUT2D eigenvalue weighted by Gasteiger charge is 2.35. The number of aromatic amines is 1. The number of amides is 1. The Morgan fingerprint density at radius 2 is 1.96 bits per heavy atom. The Labute approximate surface area is 152 Å². The van der Waals surface area contributed by atoms with E-state index >= 15 is 0 Å². The van der Waals surface area contributed by atoms with Crippen molar-refractivity contribution in [3.05, 3.63) is 29.6 Å². The number of carbonyl (C=O) groups is 1. The van der Waals surface area contributed by atoms with Gasteiger partial charge in [0.05, 0.1) is 7.11 Å². The van der Waals surface area contributed by atoms with E-state index in [2.05, 4.69) is 20.1 Å². The second kappa shape index (κ2) is 7.52. The molecule has 3 N–H and O–H groups in total. The van der Waals surface area contributed by atoms with Gasteiger partial charge in [-0.3, -0.25) is 15.2 Å². The van der Waals surface area contributed by atoms with E-state index in [4.69, 9.17) is 4.74 Å². The van der Waals surface area contributed by atoms with Gasteiger partial charge in [-0.1, -0.05) is 0 Å². The van der Waals surface area contributed by atoms with Crippen LogP contribution in [0.1, 0.15) is 30.0 Å². The topological polar surface area (TPSA) is 126 Å². The van der Waals surface area contributed by atoms with Gasteiger partial charge >= 0.3 is 6.18 Å². The van der Waals surface area contributed by atoms with Gasteiger partial charge in [0, 0.05) is 11.6 Å². The first kappa shape index (κ1) is 20.6. The van der Waals surface area contributed by atoms with E-state index in [9.17, 15) is 26.4 Å². The molecule has 1 aromatic carbocycles. The molecule has 0 aliphatic heterocycles. The molecule has 1 aromatic heterocycles. The summed E-state index contributed by atoms with van der Waals surface area (Å²) in [4.78, 5) is 15.0. The Hall–Kier alpha value is -2.67. The van der Waals surface area contributed by atoms with Crippen LogP contribution in [0, 0.1) is 0 Å². The first-order chi connectivity index (χ1) is 12.4. The second-order valence-electron chi connectivity index (χ2n) is 5.60. The van der Waals surface area contributed by atoms with Crippen LogP contribution in [0.15, 0.2) is 23.1 Å². The molecule has 148 valence electrons. The fourth-order valence-corrected chi connectivity index (χ4v) is 3.47. The molecule has 1 amide bonds. The Kier molecular flexibility index (Phi) is 5.75. The van der Waals surface area contributed by atoms with Gasteiger partial charge in [-0.05, 0) is 32.0 Å². The summed E-state index contributed by atoms with van der Waals surface area (Å²) >= 11 is 0. The number of nitrogens with zero attached hydrogens (tertiary/aromatic N) is 2. The highest BCUT2D eigenvalue weighted by Crippen LogP contribution is 2.27. The third kappa shape index (κ3) is 4.95. The van der Waals surface area contributed by atoms with Gasteiger partial charge in [-0.15, -0.1) is 5.10 Å². The zero-order valence-corrected chi connectivity index (χ0v) is 15.2. The molecule has 0 fully saturated rings. The van der Waals surface area contributed by atoms with Crippen LogP contribution in [-0.4, -0.2) is 42.7 Å². The van der Waals surface area contributed by atoms with Crippen LogP contribution in [0.5, 0.6) is 5.75 Å². The zero-order valence-electron chi connectivity index (χ0n) is 14.4. The number of benzene rings is 1. The molecule has 2 rings (SSSR count). The van der Waals surface area contributed by atoms with E-state index in [0.717, 1.165) is 6.07 Å². The van der Waals surface area contributed by atoms with E-state index in [-0.39, 0.29) is 16.2 Å². The number of sulfonamides is 1. The van der Waals surface area contributed by atoms with Crippen LogP contribution < -0.4 is 14.8 Å². The lowest BCUT2D eigenvalue weighted by atomic mass is 10.2. The summed E-state index contributed by atoms with van der Waals surface area (Å²) < 4.78 is 69.6. The van der Waals surface area contributed by atoms with Crippen LogP contribution in [0.3, 0.4) is 0 Å². The third-order valence-electron chi connectivity index (χ3n) is 3.09. The molecule has 9 nitrogen and oxygen atoms in total. The van der Waals surface area contributed by atoms with E-state index < -0.39 is 39.9 Å². The highest BCUT2D eigenvalue weighted by atomic mass is 32.2. The number of hydrogen-bond donors (Lipinski definition) is 3. The minimum atomic E-state index is -4.75. The molecule has 0 unspecified atom stereocenters. The van der Waals surface area contributed by atoms with Crippen LogP contribution >= 0.6 is 0 Å². The van der Waals surface area contributed by atoms with Crippen molar-refractivity contribution in [1.29, 1.82) is 0 Å². The molecule has 0 saturated carbocycles. The van der Waals surface area contributed by atoms with Crippen LogP contribution in [0.4, 0.5) is 19.1 Å². The molecule has 0 aliphatic rings. The Morgan fingerprint density at radius 3 is 2.48 bits per heavy atom. The molecule has 1 heterocycles. The lowest BCUT2D eigenvalue weighted by molar-refractivity contribution is -0.144. The first-order valence-electron chi connectivity index (χ1n) is 7.45. The maximum absolute atomic E-state index is 12.5. The lowest BCUT2D eigenvalue weighted by Gasteiger charge is -2.13. The smallest absolute Gasteiger partial charge is 0.451 e. The molecule has 0 radical (unpaired) electrons. The number of aromatic nitrogens is 3. The number of halogens is 3. The fourth-order valence-electron chi connectivity index (χ4n) is 2.02.